The normalized spacial score (nSPS) is 13.7. The van der Waals surface area contributed by atoms with Crippen molar-refractivity contribution in [3.63, 3.8) is 0 Å². The van der Waals surface area contributed by atoms with Gasteiger partial charge in [-0.3, -0.25) is 0 Å². The van der Waals surface area contributed by atoms with E-state index in [9.17, 15) is 21.4 Å². The van der Waals surface area contributed by atoms with Crippen molar-refractivity contribution >= 4 is 20.0 Å². The monoisotopic (exact) mass is 353 g/mol. The quantitative estimate of drug-likeness (QED) is 0.771. The highest BCUT2D eigenvalue weighted by Gasteiger charge is 2.18. The number of sulfone groups is 1. The second-order valence-corrected chi connectivity index (χ2v) is 8.64. The van der Waals surface area contributed by atoms with Crippen LogP contribution >= 0.6 is 0 Å². The zero-order chi connectivity index (χ0) is 17.3. The molecular weight excluding hydrogens is 336 g/mol. The summed E-state index contributed by atoms with van der Waals surface area (Å²) in [7, 11) is -8.34. The van der Waals surface area contributed by atoms with Gasteiger partial charge in [0.2, 0.25) is 9.84 Å². The fourth-order valence-electron chi connectivity index (χ4n) is 2.13. The fraction of sp³-hybridized carbons (Fsp3) is 0.250. The second-order valence-electron chi connectivity index (χ2n) is 5.31. The van der Waals surface area contributed by atoms with E-state index in [2.05, 4.69) is 13.8 Å². The van der Waals surface area contributed by atoms with E-state index >= 15 is 0 Å². The molecule has 2 aromatic carbocycles. The first kappa shape index (κ1) is 17.7. The summed E-state index contributed by atoms with van der Waals surface area (Å²) in [6, 6.07) is 10.9. The number of benzene rings is 2. The molecule has 0 spiro atoms. The maximum atomic E-state index is 12.5. The van der Waals surface area contributed by atoms with Gasteiger partial charge >= 0.3 is 0 Å². The van der Waals surface area contributed by atoms with Crippen molar-refractivity contribution in [2.75, 3.05) is 0 Å². The predicted molar refractivity (Wildman–Crippen MR) is 85.0 cm³/mol. The molecule has 0 saturated carbocycles. The Hall–Kier alpha value is -1.70. The van der Waals surface area contributed by atoms with Crippen molar-refractivity contribution in [3.05, 3.63) is 54.1 Å². The molecular formula is C16H17O5S2-. The van der Waals surface area contributed by atoms with Crippen LogP contribution in [0.5, 0.6) is 0 Å². The topological polar surface area (TPSA) is 91.3 Å². The Kier molecular flexibility index (Phi) is 4.93. The first-order valence-corrected chi connectivity index (χ1v) is 9.96. The highest BCUT2D eigenvalue weighted by Crippen LogP contribution is 2.25. The number of hydrogen-bond donors (Lipinski definition) is 0. The van der Waals surface area contributed by atoms with Crippen LogP contribution in [-0.4, -0.2) is 21.4 Å². The highest BCUT2D eigenvalue weighted by molar-refractivity contribution is 7.91. The molecule has 0 aliphatic carbocycles. The Morgan fingerprint density at radius 1 is 0.826 bits per heavy atom. The molecule has 5 nitrogen and oxygen atoms in total. The molecule has 0 amide bonds. The Morgan fingerprint density at radius 2 is 1.22 bits per heavy atom. The minimum Gasteiger partial charge on any atom is -0.744 e. The maximum absolute atomic E-state index is 12.5. The third kappa shape index (κ3) is 3.80. The van der Waals surface area contributed by atoms with Gasteiger partial charge in [-0.05, 0) is 54.3 Å². The van der Waals surface area contributed by atoms with Gasteiger partial charge in [-0.25, -0.2) is 16.8 Å². The molecule has 7 heteroatoms. The van der Waals surface area contributed by atoms with E-state index in [-0.39, 0.29) is 9.79 Å². The van der Waals surface area contributed by atoms with Crippen molar-refractivity contribution in [1.82, 2.24) is 0 Å². The first-order valence-electron chi connectivity index (χ1n) is 7.07. The molecule has 23 heavy (non-hydrogen) atoms. The molecule has 0 saturated heterocycles. The van der Waals surface area contributed by atoms with Gasteiger partial charge in [-0.15, -0.1) is 0 Å². The molecule has 0 aromatic heterocycles. The average Bonchev–Trinajstić information content (AvgIpc) is 2.53. The molecule has 0 radical (unpaired) electrons. The third-order valence-corrected chi connectivity index (χ3v) is 6.43. The van der Waals surface area contributed by atoms with E-state index in [1.54, 1.807) is 12.1 Å². The van der Waals surface area contributed by atoms with Gasteiger partial charge in [0, 0.05) is 0 Å². The predicted octanol–water partition coefficient (Wildman–Crippen LogP) is 2.94. The zero-order valence-electron chi connectivity index (χ0n) is 12.8. The van der Waals surface area contributed by atoms with Gasteiger partial charge in [-0.1, -0.05) is 26.0 Å². The molecule has 0 heterocycles. The van der Waals surface area contributed by atoms with Crippen LogP contribution in [0, 0.1) is 0 Å². The van der Waals surface area contributed by atoms with Crippen molar-refractivity contribution in [2.24, 2.45) is 0 Å². The van der Waals surface area contributed by atoms with Crippen LogP contribution in [0.3, 0.4) is 0 Å². The molecule has 2 aromatic rings. The van der Waals surface area contributed by atoms with E-state index in [1.807, 2.05) is 0 Å². The lowest BCUT2D eigenvalue weighted by molar-refractivity contribution is 0.463. The molecule has 0 aliphatic heterocycles. The summed E-state index contributed by atoms with van der Waals surface area (Å²) in [6.45, 7) is 4.12. The minimum atomic E-state index is -4.59. The Bertz CT molecular complexity index is 880. The molecule has 124 valence electrons. The van der Waals surface area contributed by atoms with Crippen LogP contribution in [0.4, 0.5) is 0 Å². The van der Waals surface area contributed by atoms with E-state index in [0.717, 1.165) is 36.2 Å². The average molecular weight is 353 g/mol. The fourth-order valence-corrected chi connectivity index (χ4v) is 3.86. The second kappa shape index (κ2) is 6.43. The largest absolute Gasteiger partial charge is 0.744 e. The maximum Gasteiger partial charge on any atom is 0.206 e. The van der Waals surface area contributed by atoms with Crippen molar-refractivity contribution in [3.8, 4) is 0 Å². The molecule has 1 unspecified atom stereocenters. The Morgan fingerprint density at radius 3 is 1.61 bits per heavy atom. The number of hydrogen-bond acceptors (Lipinski definition) is 5. The van der Waals surface area contributed by atoms with E-state index in [0.29, 0.717) is 5.92 Å². The lowest BCUT2D eigenvalue weighted by Crippen LogP contribution is -2.04. The van der Waals surface area contributed by atoms with Gasteiger partial charge < -0.3 is 4.55 Å². The summed E-state index contributed by atoms with van der Waals surface area (Å²) in [5.74, 6) is 0.341. The van der Waals surface area contributed by atoms with Gasteiger partial charge in [0.25, 0.3) is 0 Å². The summed E-state index contributed by atoms with van der Waals surface area (Å²) < 4.78 is 57.7. The van der Waals surface area contributed by atoms with Crippen molar-refractivity contribution < 1.29 is 21.4 Å². The number of rotatable bonds is 5. The summed E-state index contributed by atoms with van der Waals surface area (Å²) in [5, 5.41) is 0. The molecule has 1 atom stereocenters. The summed E-state index contributed by atoms with van der Waals surface area (Å²) >= 11 is 0. The van der Waals surface area contributed by atoms with Crippen molar-refractivity contribution in [2.45, 2.75) is 40.9 Å². The zero-order valence-corrected chi connectivity index (χ0v) is 14.4. The smallest absolute Gasteiger partial charge is 0.206 e. The Balaban J connectivity index is 2.38. The van der Waals surface area contributed by atoms with E-state index in [4.69, 9.17) is 0 Å². The van der Waals surface area contributed by atoms with Gasteiger partial charge in [-0.2, -0.15) is 0 Å². The van der Waals surface area contributed by atoms with Gasteiger partial charge in [0.15, 0.2) is 0 Å². The summed E-state index contributed by atoms with van der Waals surface area (Å²) in [6.07, 6.45) is 0.956. The van der Waals surface area contributed by atoms with Crippen LogP contribution in [0.2, 0.25) is 0 Å². The highest BCUT2D eigenvalue weighted by atomic mass is 32.2. The van der Waals surface area contributed by atoms with Crippen LogP contribution in [-0.2, 0) is 20.0 Å². The van der Waals surface area contributed by atoms with E-state index in [1.165, 1.54) is 12.1 Å². The summed E-state index contributed by atoms with van der Waals surface area (Å²) in [4.78, 5) is -0.382. The van der Waals surface area contributed by atoms with Crippen LogP contribution < -0.4 is 0 Å². The minimum absolute atomic E-state index is 0.0545. The SMILES string of the molecule is CCC(C)c1ccc(S(=O)(=O)c2ccc(S(=O)(=O)[O-])cc2)cc1. The lowest BCUT2D eigenvalue weighted by Gasteiger charge is -2.11. The summed E-state index contributed by atoms with van der Waals surface area (Å²) in [5.41, 5.74) is 1.05. The molecule has 2 rings (SSSR count). The van der Waals surface area contributed by atoms with Crippen LogP contribution in [0.25, 0.3) is 0 Å². The van der Waals surface area contributed by atoms with Gasteiger partial charge in [0.1, 0.15) is 10.1 Å². The molecule has 0 N–H and O–H groups in total. The molecule has 0 bridgehead atoms. The molecule has 0 fully saturated rings. The molecule has 0 aliphatic rings. The van der Waals surface area contributed by atoms with Crippen LogP contribution in [0.15, 0.2) is 63.2 Å². The van der Waals surface area contributed by atoms with E-state index < -0.39 is 24.9 Å². The Labute approximate surface area is 136 Å². The standard InChI is InChI=1S/C16H18O5S2/c1-3-12(2)13-4-6-14(7-5-13)22(17,18)15-8-10-16(11-9-15)23(19,20)21/h4-12H,3H2,1-2H3,(H,19,20,21)/p-1. The van der Waals surface area contributed by atoms with Crippen molar-refractivity contribution in [1.29, 1.82) is 0 Å². The first-order chi connectivity index (χ1) is 10.7. The van der Waals surface area contributed by atoms with Crippen LogP contribution in [0.1, 0.15) is 31.7 Å². The lowest BCUT2D eigenvalue weighted by atomic mass is 9.99. The van der Waals surface area contributed by atoms with Gasteiger partial charge in [0.05, 0.1) is 14.7 Å². The third-order valence-electron chi connectivity index (χ3n) is 3.79.